The summed E-state index contributed by atoms with van der Waals surface area (Å²) in [4.78, 5) is 12.3. The highest BCUT2D eigenvalue weighted by Gasteiger charge is 2.35. The minimum Gasteiger partial charge on any atom is -0.324 e. The SMILES string of the molecule is NC1(C(=O)Nc2ccc(-n3cnnn3)cc2)CCCCC1. The highest BCUT2D eigenvalue weighted by molar-refractivity contribution is 5.98. The van der Waals surface area contributed by atoms with E-state index in [4.69, 9.17) is 5.73 Å². The summed E-state index contributed by atoms with van der Waals surface area (Å²) >= 11 is 0. The number of benzene rings is 1. The highest BCUT2D eigenvalue weighted by atomic mass is 16.2. The molecule has 0 radical (unpaired) electrons. The first kappa shape index (κ1) is 13.7. The Morgan fingerprint density at radius 1 is 1.19 bits per heavy atom. The number of aromatic nitrogens is 4. The van der Waals surface area contributed by atoms with Crippen molar-refractivity contribution in [3.63, 3.8) is 0 Å². The molecule has 110 valence electrons. The molecule has 0 saturated heterocycles. The average Bonchev–Trinajstić information content (AvgIpc) is 3.03. The molecule has 0 aliphatic heterocycles. The fourth-order valence-electron chi connectivity index (χ4n) is 2.64. The third-order valence-corrected chi connectivity index (χ3v) is 3.94. The predicted octanol–water partition coefficient (Wildman–Crippen LogP) is 1.26. The number of carbonyl (C=O) groups excluding carboxylic acids is 1. The molecular weight excluding hydrogens is 268 g/mol. The molecule has 21 heavy (non-hydrogen) atoms. The van der Waals surface area contributed by atoms with Gasteiger partial charge in [0, 0.05) is 5.69 Å². The van der Waals surface area contributed by atoms with Crippen LogP contribution in [0.3, 0.4) is 0 Å². The summed E-state index contributed by atoms with van der Waals surface area (Å²) in [5.41, 5.74) is 7.05. The molecular formula is C14H18N6O. The molecule has 1 aliphatic rings. The van der Waals surface area contributed by atoms with Crippen LogP contribution in [-0.4, -0.2) is 31.7 Å². The Kier molecular flexibility index (Phi) is 3.66. The van der Waals surface area contributed by atoms with Crippen LogP contribution in [0.2, 0.25) is 0 Å². The smallest absolute Gasteiger partial charge is 0.244 e. The summed E-state index contributed by atoms with van der Waals surface area (Å²) in [6.45, 7) is 0. The van der Waals surface area contributed by atoms with Crippen molar-refractivity contribution >= 4 is 11.6 Å². The second-order valence-corrected chi connectivity index (χ2v) is 5.47. The monoisotopic (exact) mass is 286 g/mol. The van der Waals surface area contributed by atoms with E-state index >= 15 is 0 Å². The topological polar surface area (TPSA) is 98.7 Å². The van der Waals surface area contributed by atoms with Gasteiger partial charge in [-0.25, -0.2) is 4.68 Å². The Hall–Kier alpha value is -2.28. The van der Waals surface area contributed by atoms with Gasteiger partial charge in [0.1, 0.15) is 6.33 Å². The maximum Gasteiger partial charge on any atom is 0.244 e. The Labute approximate surface area is 122 Å². The zero-order valence-corrected chi connectivity index (χ0v) is 11.7. The first-order chi connectivity index (χ1) is 10.2. The second kappa shape index (κ2) is 5.61. The van der Waals surface area contributed by atoms with E-state index in [0.29, 0.717) is 0 Å². The first-order valence-corrected chi connectivity index (χ1v) is 7.11. The maximum absolute atomic E-state index is 12.3. The van der Waals surface area contributed by atoms with Gasteiger partial charge in [-0.2, -0.15) is 0 Å². The van der Waals surface area contributed by atoms with Crippen molar-refractivity contribution < 1.29 is 4.79 Å². The Bertz CT molecular complexity index is 601. The molecule has 1 fully saturated rings. The minimum atomic E-state index is -0.729. The van der Waals surface area contributed by atoms with E-state index in [9.17, 15) is 4.79 Å². The van der Waals surface area contributed by atoms with Gasteiger partial charge in [0.15, 0.2) is 0 Å². The number of hydrogen-bond donors (Lipinski definition) is 2. The summed E-state index contributed by atoms with van der Waals surface area (Å²) < 4.78 is 1.55. The molecule has 1 aromatic carbocycles. The normalized spacial score (nSPS) is 17.4. The van der Waals surface area contributed by atoms with Crippen molar-refractivity contribution in [2.45, 2.75) is 37.6 Å². The molecule has 1 aliphatic carbocycles. The fraction of sp³-hybridized carbons (Fsp3) is 0.429. The third-order valence-electron chi connectivity index (χ3n) is 3.94. The molecule has 2 aromatic rings. The van der Waals surface area contributed by atoms with E-state index in [1.54, 1.807) is 4.68 Å². The lowest BCUT2D eigenvalue weighted by atomic mass is 9.82. The molecule has 3 N–H and O–H groups in total. The quantitative estimate of drug-likeness (QED) is 0.885. The van der Waals surface area contributed by atoms with Crippen LogP contribution in [0.1, 0.15) is 32.1 Å². The molecule has 7 nitrogen and oxygen atoms in total. The predicted molar refractivity (Wildman–Crippen MR) is 77.8 cm³/mol. The summed E-state index contributed by atoms with van der Waals surface area (Å²) in [5, 5.41) is 13.9. The van der Waals surface area contributed by atoms with Crippen LogP contribution >= 0.6 is 0 Å². The molecule has 0 unspecified atom stereocenters. The van der Waals surface area contributed by atoms with Crippen molar-refractivity contribution in [1.29, 1.82) is 0 Å². The van der Waals surface area contributed by atoms with Crippen molar-refractivity contribution in [2.75, 3.05) is 5.32 Å². The number of anilines is 1. The molecule has 0 bridgehead atoms. The standard InChI is InChI=1S/C14H18N6O/c15-14(8-2-1-3-9-14)13(21)17-11-4-6-12(7-5-11)20-10-16-18-19-20/h4-7,10H,1-3,8-9,15H2,(H,17,21). The summed E-state index contributed by atoms with van der Waals surface area (Å²) in [7, 11) is 0. The van der Waals surface area contributed by atoms with Gasteiger partial charge in [-0.05, 0) is 47.5 Å². The van der Waals surface area contributed by atoms with Crippen LogP contribution in [0, 0.1) is 0 Å². The summed E-state index contributed by atoms with van der Waals surface area (Å²) in [5.74, 6) is -0.0997. The van der Waals surface area contributed by atoms with Gasteiger partial charge in [-0.15, -0.1) is 5.10 Å². The van der Waals surface area contributed by atoms with Gasteiger partial charge >= 0.3 is 0 Å². The van der Waals surface area contributed by atoms with Crippen LogP contribution < -0.4 is 11.1 Å². The Morgan fingerprint density at radius 2 is 1.90 bits per heavy atom. The van der Waals surface area contributed by atoms with Gasteiger partial charge in [-0.3, -0.25) is 4.79 Å². The third kappa shape index (κ3) is 2.92. The molecule has 1 amide bonds. The molecule has 3 rings (SSSR count). The molecule has 0 spiro atoms. The van der Waals surface area contributed by atoms with E-state index in [-0.39, 0.29) is 5.91 Å². The van der Waals surface area contributed by atoms with Crippen LogP contribution in [0.25, 0.3) is 5.69 Å². The number of nitrogens with zero attached hydrogens (tertiary/aromatic N) is 4. The molecule has 1 aromatic heterocycles. The van der Waals surface area contributed by atoms with E-state index < -0.39 is 5.54 Å². The van der Waals surface area contributed by atoms with E-state index in [2.05, 4.69) is 20.8 Å². The lowest BCUT2D eigenvalue weighted by Crippen LogP contribution is -2.52. The molecule has 7 heteroatoms. The Morgan fingerprint density at radius 3 is 2.52 bits per heavy atom. The van der Waals surface area contributed by atoms with Crippen LogP contribution in [0.4, 0.5) is 5.69 Å². The van der Waals surface area contributed by atoms with Crippen LogP contribution in [-0.2, 0) is 4.79 Å². The van der Waals surface area contributed by atoms with E-state index in [1.165, 1.54) is 6.33 Å². The number of rotatable bonds is 3. The van der Waals surface area contributed by atoms with Gasteiger partial charge in [0.05, 0.1) is 11.2 Å². The van der Waals surface area contributed by atoms with Crippen LogP contribution in [0.5, 0.6) is 0 Å². The van der Waals surface area contributed by atoms with Crippen molar-refractivity contribution in [2.24, 2.45) is 5.73 Å². The summed E-state index contributed by atoms with van der Waals surface area (Å²) in [6, 6.07) is 7.33. The van der Waals surface area contributed by atoms with Crippen molar-refractivity contribution in [3.05, 3.63) is 30.6 Å². The molecule has 1 heterocycles. The number of nitrogens with two attached hydrogens (primary N) is 1. The molecule has 1 saturated carbocycles. The van der Waals surface area contributed by atoms with Crippen molar-refractivity contribution in [1.82, 2.24) is 20.2 Å². The van der Waals surface area contributed by atoms with Gasteiger partial charge in [0.25, 0.3) is 0 Å². The second-order valence-electron chi connectivity index (χ2n) is 5.47. The largest absolute Gasteiger partial charge is 0.324 e. The molecule has 0 atom stereocenters. The number of tetrazole rings is 1. The zero-order chi connectivity index (χ0) is 14.7. The number of amides is 1. The number of nitrogens with one attached hydrogen (secondary N) is 1. The minimum absolute atomic E-state index is 0.0997. The lowest BCUT2D eigenvalue weighted by Gasteiger charge is -2.31. The Balaban J connectivity index is 1.69. The van der Waals surface area contributed by atoms with Gasteiger partial charge in [0.2, 0.25) is 5.91 Å². The first-order valence-electron chi connectivity index (χ1n) is 7.11. The van der Waals surface area contributed by atoms with E-state index in [0.717, 1.165) is 43.5 Å². The number of carbonyl (C=O) groups is 1. The lowest BCUT2D eigenvalue weighted by molar-refractivity contribution is -0.122. The summed E-state index contributed by atoms with van der Waals surface area (Å²) in [6.07, 6.45) is 6.21. The van der Waals surface area contributed by atoms with Gasteiger partial charge in [-0.1, -0.05) is 19.3 Å². The van der Waals surface area contributed by atoms with Crippen molar-refractivity contribution in [3.8, 4) is 5.69 Å². The van der Waals surface area contributed by atoms with E-state index in [1.807, 2.05) is 24.3 Å². The zero-order valence-electron chi connectivity index (χ0n) is 11.7. The maximum atomic E-state index is 12.3. The highest BCUT2D eigenvalue weighted by Crippen LogP contribution is 2.27. The number of hydrogen-bond acceptors (Lipinski definition) is 5. The average molecular weight is 286 g/mol. The van der Waals surface area contributed by atoms with Crippen LogP contribution in [0.15, 0.2) is 30.6 Å². The van der Waals surface area contributed by atoms with Gasteiger partial charge < -0.3 is 11.1 Å². The fourth-order valence-corrected chi connectivity index (χ4v) is 2.64.